The van der Waals surface area contributed by atoms with Gasteiger partial charge >= 0.3 is 0 Å². The molecule has 1 N–H and O–H groups in total. The molecule has 1 heterocycles. The summed E-state index contributed by atoms with van der Waals surface area (Å²) in [5.41, 5.74) is 1.30. The maximum absolute atomic E-state index is 6.17. The molecule has 0 aromatic heterocycles. The smallest absolute Gasteiger partial charge is 0.0802 e. The first-order valence-corrected chi connectivity index (χ1v) is 6.59. The van der Waals surface area contributed by atoms with Gasteiger partial charge < -0.3 is 10.1 Å². The standard InChI is InChI=1S/C15H23NO/c1-4-15(5-2)11-16-14(3,12-17-15)13-9-7-6-8-10-13/h6-10,16H,4-5,11-12H2,1-3H3. The van der Waals surface area contributed by atoms with Crippen LogP contribution in [-0.2, 0) is 10.3 Å². The molecule has 94 valence electrons. The van der Waals surface area contributed by atoms with Gasteiger partial charge in [0.1, 0.15) is 0 Å². The topological polar surface area (TPSA) is 21.3 Å². The largest absolute Gasteiger partial charge is 0.371 e. The Morgan fingerprint density at radius 3 is 2.29 bits per heavy atom. The molecule has 2 heteroatoms. The van der Waals surface area contributed by atoms with E-state index in [-0.39, 0.29) is 11.1 Å². The fraction of sp³-hybridized carbons (Fsp3) is 0.600. The summed E-state index contributed by atoms with van der Waals surface area (Å²) in [6, 6.07) is 10.6. The Labute approximate surface area is 104 Å². The molecule has 1 fully saturated rings. The molecule has 2 nitrogen and oxygen atoms in total. The highest BCUT2D eigenvalue weighted by atomic mass is 16.5. The normalized spacial score (nSPS) is 27.9. The van der Waals surface area contributed by atoms with Gasteiger partial charge in [-0.2, -0.15) is 0 Å². The molecular weight excluding hydrogens is 210 g/mol. The van der Waals surface area contributed by atoms with Gasteiger partial charge in [-0.05, 0) is 25.3 Å². The zero-order chi connectivity index (χ0) is 12.4. The molecule has 1 aliphatic rings. The number of ether oxygens (including phenoxy) is 1. The van der Waals surface area contributed by atoms with Crippen LogP contribution in [0.3, 0.4) is 0 Å². The fourth-order valence-corrected chi connectivity index (χ4v) is 2.45. The summed E-state index contributed by atoms with van der Waals surface area (Å²) in [5.74, 6) is 0. The van der Waals surface area contributed by atoms with E-state index in [4.69, 9.17) is 4.74 Å². The quantitative estimate of drug-likeness (QED) is 0.866. The Morgan fingerprint density at radius 1 is 1.18 bits per heavy atom. The van der Waals surface area contributed by atoms with Crippen LogP contribution in [0, 0.1) is 0 Å². The first-order valence-electron chi connectivity index (χ1n) is 6.59. The van der Waals surface area contributed by atoms with Gasteiger partial charge in [-0.1, -0.05) is 44.2 Å². The number of hydrogen-bond acceptors (Lipinski definition) is 2. The minimum absolute atomic E-state index is 0.0360. The zero-order valence-electron chi connectivity index (χ0n) is 11.1. The van der Waals surface area contributed by atoms with E-state index in [2.05, 4.69) is 56.4 Å². The van der Waals surface area contributed by atoms with Crippen LogP contribution >= 0.6 is 0 Å². The van der Waals surface area contributed by atoms with Crippen molar-refractivity contribution < 1.29 is 4.74 Å². The molecule has 1 aromatic carbocycles. The van der Waals surface area contributed by atoms with E-state index in [1.165, 1.54) is 5.56 Å². The van der Waals surface area contributed by atoms with Gasteiger partial charge in [0.05, 0.1) is 17.7 Å². The van der Waals surface area contributed by atoms with Gasteiger partial charge in [-0.25, -0.2) is 0 Å². The maximum Gasteiger partial charge on any atom is 0.0802 e. The van der Waals surface area contributed by atoms with E-state index in [9.17, 15) is 0 Å². The Morgan fingerprint density at radius 2 is 1.82 bits per heavy atom. The minimum atomic E-state index is -0.0465. The Bertz CT molecular complexity index is 346. The lowest BCUT2D eigenvalue weighted by atomic mass is 9.87. The third-order valence-electron chi connectivity index (χ3n) is 4.17. The lowest BCUT2D eigenvalue weighted by molar-refractivity contribution is -0.111. The van der Waals surface area contributed by atoms with Gasteiger partial charge in [-0.3, -0.25) is 0 Å². The van der Waals surface area contributed by atoms with Gasteiger partial charge in [-0.15, -0.1) is 0 Å². The second kappa shape index (κ2) is 4.79. The molecule has 2 rings (SSSR count). The van der Waals surface area contributed by atoms with Crippen molar-refractivity contribution in [3.05, 3.63) is 35.9 Å². The SMILES string of the molecule is CCC1(CC)CNC(C)(c2ccccc2)CO1. The molecule has 0 aliphatic carbocycles. The first-order chi connectivity index (χ1) is 8.14. The molecule has 1 saturated heterocycles. The number of nitrogens with one attached hydrogen (secondary N) is 1. The Hall–Kier alpha value is -0.860. The fourth-order valence-electron chi connectivity index (χ4n) is 2.45. The highest BCUT2D eigenvalue weighted by Crippen LogP contribution is 2.31. The predicted molar refractivity (Wildman–Crippen MR) is 71.1 cm³/mol. The average Bonchev–Trinajstić information content (AvgIpc) is 2.41. The summed E-state index contributed by atoms with van der Waals surface area (Å²) < 4.78 is 6.17. The minimum Gasteiger partial charge on any atom is -0.371 e. The van der Waals surface area contributed by atoms with E-state index < -0.39 is 0 Å². The number of rotatable bonds is 3. The number of morpholine rings is 1. The molecule has 1 aliphatic heterocycles. The van der Waals surface area contributed by atoms with Crippen molar-refractivity contribution in [3.8, 4) is 0 Å². The van der Waals surface area contributed by atoms with E-state index in [1.54, 1.807) is 0 Å². The van der Waals surface area contributed by atoms with E-state index >= 15 is 0 Å². The van der Waals surface area contributed by atoms with Crippen LogP contribution in [0.5, 0.6) is 0 Å². The summed E-state index contributed by atoms with van der Waals surface area (Å²) in [6.45, 7) is 8.31. The molecule has 1 atom stereocenters. The molecule has 1 unspecified atom stereocenters. The van der Waals surface area contributed by atoms with Crippen LogP contribution in [-0.4, -0.2) is 18.8 Å². The van der Waals surface area contributed by atoms with E-state index in [0.717, 1.165) is 26.0 Å². The third-order valence-corrected chi connectivity index (χ3v) is 4.17. The second-order valence-corrected chi connectivity index (χ2v) is 5.23. The number of benzene rings is 1. The third kappa shape index (κ3) is 2.38. The van der Waals surface area contributed by atoms with Crippen molar-refractivity contribution in [2.24, 2.45) is 0 Å². The average molecular weight is 233 g/mol. The van der Waals surface area contributed by atoms with Gasteiger partial charge in [0.2, 0.25) is 0 Å². The molecule has 1 aromatic rings. The summed E-state index contributed by atoms with van der Waals surface area (Å²) in [6.07, 6.45) is 2.14. The predicted octanol–water partition coefficient (Wildman–Crippen LogP) is 3.08. The number of hydrogen-bond donors (Lipinski definition) is 1. The highest BCUT2D eigenvalue weighted by molar-refractivity contribution is 5.24. The lowest BCUT2D eigenvalue weighted by Gasteiger charge is -2.45. The molecule has 0 radical (unpaired) electrons. The molecule has 0 amide bonds. The van der Waals surface area contributed by atoms with Crippen LogP contribution in [0.2, 0.25) is 0 Å². The van der Waals surface area contributed by atoms with Crippen molar-refractivity contribution in [2.45, 2.75) is 44.8 Å². The van der Waals surface area contributed by atoms with Crippen molar-refractivity contribution in [2.75, 3.05) is 13.2 Å². The Kier molecular flexibility index (Phi) is 3.55. The second-order valence-electron chi connectivity index (χ2n) is 5.23. The van der Waals surface area contributed by atoms with Crippen LogP contribution in [0.15, 0.2) is 30.3 Å². The molecule has 0 spiro atoms. The van der Waals surface area contributed by atoms with E-state index in [1.807, 2.05) is 0 Å². The zero-order valence-corrected chi connectivity index (χ0v) is 11.1. The first kappa shape index (κ1) is 12.6. The summed E-state index contributed by atoms with van der Waals surface area (Å²) in [4.78, 5) is 0. The Balaban J connectivity index is 2.12. The maximum atomic E-state index is 6.17. The van der Waals surface area contributed by atoms with E-state index in [0.29, 0.717) is 0 Å². The summed E-state index contributed by atoms with van der Waals surface area (Å²) in [7, 11) is 0. The van der Waals surface area contributed by atoms with Crippen molar-refractivity contribution in [1.82, 2.24) is 5.32 Å². The van der Waals surface area contributed by atoms with Crippen molar-refractivity contribution in [3.63, 3.8) is 0 Å². The van der Waals surface area contributed by atoms with Crippen molar-refractivity contribution in [1.29, 1.82) is 0 Å². The summed E-state index contributed by atoms with van der Waals surface area (Å²) >= 11 is 0. The highest BCUT2D eigenvalue weighted by Gasteiger charge is 2.39. The molecular formula is C15H23NO. The molecule has 0 saturated carbocycles. The molecule has 0 bridgehead atoms. The van der Waals surface area contributed by atoms with Crippen LogP contribution in [0.25, 0.3) is 0 Å². The van der Waals surface area contributed by atoms with Crippen LogP contribution < -0.4 is 5.32 Å². The van der Waals surface area contributed by atoms with Crippen LogP contribution in [0.4, 0.5) is 0 Å². The van der Waals surface area contributed by atoms with Gasteiger partial charge in [0.25, 0.3) is 0 Å². The van der Waals surface area contributed by atoms with Gasteiger partial charge in [0, 0.05) is 6.54 Å². The lowest BCUT2D eigenvalue weighted by Crippen LogP contribution is -2.58. The summed E-state index contributed by atoms with van der Waals surface area (Å²) in [5, 5.41) is 3.68. The molecule has 17 heavy (non-hydrogen) atoms. The van der Waals surface area contributed by atoms with Crippen LogP contribution in [0.1, 0.15) is 39.2 Å². The van der Waals surface area contributed by atoms with Gasteiger partial charge in [0.15, 0.2) is 0 Å². The van der Waals surface area contributed by atoms with Crippen molar-refractivity contribution >= 4 is 0 Å². The monoisotopic (exact) mass is 233 g/mol.